The lowest BCUT2D eigenvalue weighted by Crippen LogP contribution is -2.21. The van der Waals surface area contributed by atoms with Gasteiger partial charge in [-0.3, -0.25) is 9.36 Å². The molecule has 1 atom stereocenters. The minimum Gasteiger partial charge on any atom is -0.497 e. The van der Waals surface area contributed by atoms with Gasteiger partial charge in [-0.05, 0) is 37.1 Å². The van der Waals surface area contributed by atoms with Gasteiger partial charge in [-0.1, -0.05) is 48.5 Å². The van der Waals surface area contributed by atoms with Crippen molar-refractivity contribution in [3.63, 3.8) is 0 Å². The first-order valence-corrected chi connectivity index (χ1v) is 9.99. The molecule has 1 heterocycles. The van der Waals surface area contributed by atoms with Gasteiger partial charge in [-0.15, -0.1) is 10.2 Å². The summed E-state index contributed by atoms with van der Waals surface area (Å²) >= 11 is 1.53. The van der Waals surface area contributed by atoms with Crippen LogP contribution in [-0.4, -0.2) is 32.9 Å². The molecule has 1 aromatic heterocycles. The molecular weight excluding hydrogens is 358 g/mol. The van der Waals surface area contributed by atoms with E-state index in [0.717, 1.165) is 47.2 Å². The average Bonchev–Trinajstić information content (AvgIpc) is 3.14. The van der Waals surface area contributed by atoms with Crippen molar-refractivity contribution in [3.05, 3.63) is 54.6 Å². The van der Waals surface area contributed by atoms with E-state index in [1.807, 2.05) is 59.2 Å². The van der Waals surface area contributed by atoms with E-state index in [1.165, 1.54) is 11.8 Å². The highest BCUT2D eigenvalue weighted by Gasteiger charge is 2.26. The summed E-state index contributed by atoms with van der Waals surface area (Å²) < 4.78 is 7.31. The lowest BCUT2D eigenvalue weighted by molar-refractivity contribution is -0.119. The summed E-state index contributed by atoms with van der Waals surface area (Å²) in [6.45, 7) is 0. The molecular formula is C21H21N3O2S. The minimum absolute atomic E-state index is 0.0384. The molecule has 0 saturated heterocycles. The Morgan fingerprint density at radius 3 is 2.52 bits per heavy atom. The Labute approximate surface area is 162 Å². The molecule has 0 N–H and O–H groups in total. The summed E-state index contributed by atoms with van der Waals surface area (Å²) in [6, 6.07) is 17.8. The summed E-state index contributed by atoms with van der Waals surface area (Å²) in [7, 11) is 1.65. The van der Waals surface area contributed by atoms with Crippen molar-refractivity contribution in [1.82, 2.24) is 14.8 Å². The lowest BCUT2D eigenvalue weighted by Gasteiger charge is -2.20. The van der Waals surface area contributed by atoms with E-state index in [1.54, 1.807) is 7.11 Å². The van der Waals surface area contributed by atoms with Crippen molar-refractivity contribution < 1.29 is 9.53 Å². The fourth-order valence-electron chi connectivity index (χ4n) is 3.29. The number of carbonyl (C=O) groups excluding carboxylic acids is 1. The largest absolute Gasteiger partial charge is 0.497 e. The molecule has 3 aromatic rings. The Bertz CT molecular complexity index is 922. The van der Waals surface area contributed by atoms with E-state index in [9.17, 15) is 4.79 Å². The number of aromatic nitrogens is 3. The predicted octanol–water partition coefficient (Wildman–Crippen LogP) is 4.55. The van der Waals surface area contributed by atoms with E-state index in [0.29, 0.717) is 12.2 Å². The van der Waals surface area contributed by atoms with Crippen molar-refractivity contribution >= 4 is 17.5 Å². The zero-order chi connectivity index (χ0) is 18.6. The van der Waals surface area contributed by atoms with Crippen LogP contribution in [0.15, 0.2) is 59.8 Å². The number of ether oxygens (including phenoxy) is 1. The van der Waals surface area contributed by atoms with Crippen LogP contribution in [-0.2, 0) is 4.79 Å². The number of benzene rings is 2. The number of ketones is 1. The Morgan fingerprint density at radius 2 is 1.81 bits per heavy atom. The van der Waals surface area contributed by atoms with Gasteiger partial charge in [0, 0.05) is 17.7 Å². The van der Waals surface area contributed by atoms with Crippen molar-refractivity contribution in [2.75, 3.05) is 7.11 Å². The molecule has 0 spiro atoms. The van der Waals surface area contributed by atoms with Crippen molar-refractivity contribution in [2.24, 2.45) is 0 Å². The highest BCUT2D eigenvalue weighted by atomic mass is 32.2. The van der Waals surface area contributed by atoms with Gasteiger partial charge in [0.05, 0.1) is 12.4 Å². The van der Waals surface area contributed by atoms with Crippen LogP contribution >= 0.6 is 11.8 Å². The number of Topliss-reactive ketones (excluding diaryl/α,β-unsaturated/α-hetero) is 1. The van der Waals surface area contributed by atoms with Crippen LogP contribution in [0.3, 0.4) is 0 Å². The summed E-state index contributed by atoms with van der Waals surface area (Å²) in [5.41, 5.74) is 1.94. The fourth-order valence-corrected chi connectivity index (χ4v) is 4.46. The Morgan fingerprint density at radius 1 is 1.04 bits per heavy atom. The van der Waals surface area contributed by atoms with Gasteiger partial charge in [-0.2, -0.15) is 0 Å². The third kappa shape index (κ3) is 3.76. The second-order valence-corrected chi connectivity index (χ2v) is 7.69. The van der Waals surface area contributed by atoms with Crippen LogP contribution in [0.1, 0.15) is 25.7 Å². The monoisotopic (exact) mass is 379 g/mol. The molecule has 1 fully saturated rings. The highest BCUT2D eigenvalue weighted by molar-refractivity contribution is 8.00. The number of rotatable bonds is 5. The zero-order valence-electron chi connectivity index (χ0n) is 15.2. The summed E-state index contributed by atoms with van der Waals surface area (Å²) in [5.74, 6) is 1.88. The number of carbonyl (C=O) groups is 1. The standard InChI is InChI=1S/C21H21N3O2S/c1-26-17-13-11-16(12-14-17)24-20(15-7-3-2-4-8-15)22-23-21(24)27-19-10-6-5-9-18(19)25/h2-4,7-8,11-14,19H,5-6,9-10H2,1H3/t19-/m1/s1. The maximum atomic E-state index is 12.3. The van der Waals surface area contributed by atoms with Crippen LogP contribution in [0.2, 0.25) is 0 Å². The van der Waals surface area contributed by atoms with Crippen LogP contribution in [0, 0.1) is 0 Å². The molecule has 2 aromatic carbocycles. The summed E-state index contributed by atoms with van der Waals surface area (Å²) in [4.78, 5) is 12.3. The topological polar surface area (TPSA) is 57.0 Å². The molecule has 4 rings (SSSR count). The molecule has 0 unspecified atom stereocenters. The Hall–Kier alpha value is -2.60. The first-order chi connectivity index (χ1) is 13.3. The summed E-state index contributed by atoms with van der Waals surface area (Å²) in [6.07, 6.45) is 3.65. The van der Waals surface area contributed by atoms with Gasteiger partial charge in [0.15, 0.2) is 11.0 Å². The molecule has 0 radical (unpaired) electrons. The second kappa shape index (κ2) is 7.96. The number of hydrogen-bond acceptors (Lipinski definition) is 5. The maximum absolute atomic E-state index is 12.3. The van der Waals surface area contributed by atoms with Gasteiger partial charge in [0.25, 0.3) is 0 Å². The third-order valence-corrected chi connectivity index (χ3v) is 6.00. The van der Waals surface area contributed by atoms with Crippen LogP contribution in [0.5, 0.6) is 5.75 Å². The molecule has 0 bridgehead atoms. The molecule has 138 valence electrons. The van der Waals surface area contributed by atoms with E-state index < -0.39 is 0 Å². The van der Waals surface area contributed by atoms with E-state index in [4.69, 9.17) is 4.74 Å². The molecule has 1 saturated carbocycles. The van der Waals surface area contributed by atoms with Crippen LogP contribution in [0.4, 0.5) is 0 Å². The average molecular weight is 379 g/mol. The number of methoxy groups -OCH3 is 1. The predicted molar refractivity (Wildman–Crippen MR) is 106 cm³/mol. The minimum atomic E-state index is -0.0384. The van der Waals surface area contributed by atoms with E-state index >= 15 is 0 Å². The van der Waals surface area contributed by atoms with Crippen molar-refractivity contribution in [2.45, 2.75) is 36.1 Å². The molecule has 1 aliphatic rings. The van der Waals surface area contributed by atoms with E-state index in [-0.39, 0.29) is 5.25 Å². The maximum Gasteiger partial charge on any atom is 0.196 e. The first-order valence-electron chi connectivity index (χ1n) is 9.11. The van der Waals surface area contributed by atoms with Crippen LogP contribution < -0.4 is 4.74 Å². The number of thioether (sulfide) groups is 1. The molecule has 27 heavy (non-hydrogen) atoms. The molecule has 1 aliphatic carbocycles. The van der Waals surface area contributed by atoms with Gasteiger partial charge in [-0.25, -0.2) is 0 Å². The second-order valence-electron chi connectivity index (χ2n) is 6.52. The van der Waals surface area contributed by atoms with Gasteiger partial charge < -0.3 is 4.74 Å². The quantitative estimate of drug-likeness (QED) is 0.651. The normalized spacial score (nSPS) is 17.1. The molecule has 0 amide bonds. The van der Waals surface area contributed by atoms with Crippen molar-refractivity contribution in [3.8, 4) is 22.8 Å². The first kappa shape index (κ1) is 17.8. The van der Waals surface area contributed by atoms with E-state index in [2.05, 4.69) is 10.2 Å². The fraction of sp³-hybridized carbons (Fsp3) is 0.286. The van der Waals surface area contributed by atoms with Crippen LogP contribution in [0.25, 0.3) is 17.1 Å². The highest BCUT2D eigenvalue weighted by Crippen LogP contribution is 2.34. The summed E-state index contributed by atoms with van der Waals surface area (Å²) in [5, 5.41) is 9.59. The Balaban J connectivity index is 1.76. The lowest BCUT2D eigenvalue weighted by atomic mass is 9.99. The molecule has 6 heteroatoms. The number of nitrogens with zero attached hydrogens (tertiary/aromatic N) is 3. The number of hydrogen-bond donors (Lipinski definition) is 0. The molecule has 5 nitrogen and oxygen atoms in total. The van der Waals surface area contributed by atoms with Gasteiger partial charge in [0.2, 0.25) is 0 Å². The van der Waals surface area contributed by atoms with Gasteiger partial charge in [0.1, 0.15) is 11.5 Å². The third-order valence-electron chi connectivity index (χ3n) is 4.74. The molecule has 0 aliphatic heterocycles. The smallest absolute Gasteiger partial charge is 0.196 e. The Kier molecular flexibility index (Phi) is 5.25. The zero-order valence-corrected chi connectivity index (χ0v) is 16.0. The van der Waals surface area contributed by atoms with Gasteiger partial charge >= 0.3 is 0 Å². The van der Waals surface area contributed by atoms with Crippen molar-refractivity contribution in [1.29, 1.82) is 0 Å². The SMILES string of the molecule is COc1ccc(-n2c(S[C@@H]3CCCCC3=O)nnc2-c2ccccc2)cc1.